The maximum atomic E-state index is 13.5. The fraction of sp³-hybridized carbons (Fsp3) is 0.423. The van der Waals surface area contributed by atoms with E-state index in [1.807, 2.05) is 30.0 Å². The molecule has 162 valence electrons. The van der Waals surface area contributed by atoms with Crippen molar-refractivity contribution in [2.24, 2.45) is 0 Å². The lowest BCUT2D eigenvalue weighted by Gasteiger charge is -2.33. The molecule has 1 atom stereocenters. The number of hydrogen-bond donors (Lipinski definition) is 0. The predicted octanol–water partition coefficient (Wildman–Crippen LogP) is 6.46. The van der Waals surface area contributed by atoms with Gasteiger partial charge in [-0.2, -0.15) is 0 Å². The van der Waals surface area contributed by atoms with E-state index in [9.17, 15) is 9.18 Å². The largest absolute Gasteiger partial charge is 0.484 e. The Morgan fingerprint density at radius 1 is 1.17 bits per heavy atom. The molecule has 2 aromatic rings. The molecule has 30 heavy (non-hydrogen) atoms. The molecule has 3 nitrogen and oxygen atoms in total. The molecule has 0 aliphatic carbocycles. The maximum Gasteiger partial charge on any atom is 0.264 e. The van der Waals surface area contributed by atoms with E-state index in [1.54, 1.807) is 19.1 Å². The summed E-state index contributed by atoms with van der Waals surface area (Å²) >= 11 is 0. The van der Waals surface area contributed by atoms with Gasteiger partial charge in [0.05, 0.1) is 0 Å². The molecule has 0 N–H and O–H groups in total. The molecule has 0 bridgehead atoms. The van der Waals surface area contributed by atoms with Gasteiger partial charge in [0.25, 0.3) is 5.91 Å². The van der Waals surface area contributed by atoms with Gasteiger partial charge in [-0.3, -0.25) is 4.79 Å². The van der Waals surface area contributed by atoms with Gasteiger partial charge in [-0.15, -0.1) is 0 Å². The Kier molecular flexibility index (Phi) is 9.59. The average molecular weight is 412 g/mol. The van der Waals surface area contributed by atoms with Gasteiger partial charge in [-0.25, -0.2) is 4.39 Å². The van der Waals surface area contributed by atoms with E-state index in [0.717, 1.165) is 37.8 Å². The third-order valence-corrected chi connectivity index (χ3v) is 5.21. The third-order valence-electron chi connectivity index (χ3n) is 5.21. The van der Waals surface area contributed by atoms with Crippen molar-refractivity contribution in [1.29, 1.82) is 0 Å². The molecule has 0 saturated heterocycles. The molecule has 0 fully saturated rings. The number of carbonyl (C=O) groups excluding carboxylic acids is 1. The number of unbranched alkanes of at least 4 members (excludes halogenated alkanes) is 1. The summed E-state index contributed by atoms with van der Waals surface area (Å²) in [5.41, 5.74) is 2.68. The van der Waals surface area contributed by atoms with Crippen LogP contribution >= 0.6 is 0 Å². The number of benzene rings is 2. The van der Waals surface area contributed by atoms with E-state index in [-0.39, 0.29) is 24.4 Å². The van der Waals surface area contributed by atoms with E-state index in [4.69, 9.17) is 4.74 Å². The van der Waals surface area contributed by atoms with Crippen LogP contribution in [0.3, 0.4) is 0 Å². The number of aryl methyl sites for hydroxylation is 1. The van der Waals surface area contributed by atoms with Crippen LogP contribution in [-0.4, -0.2) is 23.5 Å². The SMILES string of the molecule is CC/C=C(\C)N(C(=O)COc1ccc(F)c(C)c1)C(CCCC)Cc1ccccc1. The summed E-state index contributed by atoms with van der Waals surface area (Å²) in [6, 6.07) is 14.9. The number of allylic oxidation sites excluding steroid dienone is 2. The highest BCUT2D eigenvalue weighted by Gasteiger charge is 2.25. The van der Waals surface area contributed by atoms with Crippen molar-refractivity contribution in [2.45, 2.75) is 65.8 Å². The number of halogens is 1. The molecule has 2 rings (SSSR count). The molecule has 2 aromatic carbocycles. The topological polar surface area (TPSA) is 29.5 Å². The van der Waals surface area contributed by atoms with Gasteiger partial charge in [0, 0.05) is 11.7 Å². The van der Waals surface area contributed by atoms with E-state index in [0.29, 0.717) is 11.3 Å². The van der Waals surface area contributed by atoms with Crippen molar-refractivity contribution in [3.8, 4) is 5.75 Å². The second kappa shape index (κ2) is 12.2. The van der Waals surface area contributed by atoms with Crippen molar-refractivity contribution in [3.05, 3.63) is 77.2 Å². The zero-order chi connectivity index (χ0) is 21.9. The zero-order valence-corrected chi connectivity index (χ0v) is 18.7. The monoisotopic (exact) mass is 411 g/mol. The number of ether oxygens (including phenoxy) is 1. The summed E-state index contributed by atoms with van der Waals surface area (Å²) in [4.78, 5) is 15.2. The van der Waals surface area contributed by atoms with Crippen LogP contribution < -0.4 is 4.74 Å². The van der Waals surface area contributed by atoms with Crippen molar-refractivity contribution in [1.82, 2.24) is 4.90 Å². The molecule has 0 aliphatic rings. The number of rotatable bonds is 11. The van der Waals surface area contributed by atoms with Crippen LogP contribution in [-0.2, 0) is 11.2 Å². The molecule has 1 unspecified atom stereocenters. The first-order chi connectivity index (χ1) is 14.5. The first-order valence-corrected chi connectivity index (χ1v) is 10.9. The van der Waals surface area contributed by atoms with Crippen LogP contribution in [0.15, 0.2) is 60.3 Å². The van der Waals surface area contributed by atoms with Crippen LogP contribution in [0.1, 0.15) is 57.6 Å². The van der Waals surface area contributed by atoms with Gasteiger partial charge in [0.1, 0.15) is 11.6 Å². The quantitative estimate of drug-likeness (QED) is 0.425. The van der Waals surface area contributed by atoms with E-state index >= 15 is 0 Å². The Morgan fingerprint density at radius 3 is 2.53 bits per heavy atom. The first-order valence-electron chi connectivity index (χ1n) is 10.9. The molecule has 4 heteroatoms. The normalized spacial score (nSPS) is 12.5. The van der Waals surface area contributed by atoms with Crippen LogP contribution in [0.25, 0.3) is 0 Å². The predicted molar refractivity (Wildman–Crippen MR) is 121 cm³/mol. The Bertz CT molecular complexity index is 832. The van der Waals surface area contributed by atoms with E-state index in [2.05, 4.69) is 32.1 Å². The second-order valence-electron chi connectivity index (χ2n) is 7.70. The zero-order valence-electron chi connectivity index (χ0n) is 18.7. The lowest BCUT2D eigenvalue weighted by atomic mass is 9.98. The summed E-state index contributed by atoms with van der Waals surface area (Å²) in [5.74, 6) is 0.156. The minimum absolute atomic E-state index is 0.0706. The summed E-state index contributed by atoms with van der Waals surface area (Å²) in [7, 11) is 0. The average Bonchev–Trinajstić information content (AvgIpc) is 2.74. The Balaban J connectivity index is 2.22. The van der Waals surface area contributed by atoms with Crippen LogP contribution in [0.4, 0.5) is 4.39 Å². The summed E-state index contributed by atoms with van der Waals surface area (Å²) in [6.45, 7) is 7.85. The Morgan fingerprint density at radius 2 is 1.90 bits per heavy atom. The van der Waals surface area contributed by atoms with Gasteiger partial charge in [0.15, 0.2) is 6.61 Å². The van der Waals surface area contributed by atoms with Gasteiger partial charge < -0.3 is 9.64 Å². The molecule has 0 aliphatic heterocycles. The highest BCUT2D eigenvalue weighted by Crippen LogP contribution is 2.22. The van der Waals surface area contributed by atoms with Crippen molar-refractivity contribution in [3.63, 3.8) is 0 Å². The highest BCUT2D eigenvalue weighted by molar-refractivity contribution is 5.80. The fourth-order valence-electron chi connectivity index (χ4n) is 3.65. The van der Waals surface area contributed by atoms with Gasteiger partial charge in [0.2, 0.25) is 0 Å². The molecular formula is C26H34FNO2. The molecule has 0 aromatic heterocycles. The molecule has 0 radical (unpaired) electrons. The van der Waals surface area contributed by atoms with Crippen molar-refractivity contribution < 1.29 is 13.9 Å². The van der Waals surface area contributed by atoms with Crippen molar-refractivity contribution in [2.75, 3.05) is 6.61 Å². The van der Waals surface area contributed by atoms with E-state index < -0.39 is 0 Å². The minimum Gasteiger partial charge on any atom is -0.484 e. The summed E-state index contributed by atoms with van der Waals surface area (Å²) in [6.07, 6.45) is 6.82. The molecule has 0 heterocycles. The lowest BCUT2D eigenvalue weighted by Crippen LogP contribution is -2.42. The fourth-order valence-corrected chi connectivity index (χ4v) is 3.65. The van der Waals surface area contributed by atoms with Crippen LogP contribution in [0.5, 0.6) is 5.75 Å². The number of hydrogen-bond acceptors (Lipinski definition) is 2. The first kappa shape index (κ1) is 23.7. The summed E-state index contributed by atoms with van der Waals surface area (Å²) in [5, 5.41) is 0. The third kappa shape index (κ3) is 7.01. The van der Waals surface area contributed by atoms with Crippen molar-refractivity contribution >= 4 is 5.91 Å². The van der Waals surface area contributed by atoms with Gasteiger partial charge in [-0.1, -0.05) is 63.1 Å². The minimum atomic E-state index is -0.278. The number of nitrogens with zero attached hydrogens (tertiary/aromatic N) is 1. The van der Waals surface area contributed by atoms with Gasteiger partial charge in [-0.05, 0) is 62.4 Å². The standard InChI is InChI=1S/C26H34FNO2/c1-5-7-14-23(18-22-12-9-8-10-13-22)28(21(4)11-6-2)26(29)19-30-24-15-16-25(27)20(3)17-24/h8-13,15-17,23H,5-7,14,18-19H2,1-4H3/b21-11+. The van der Waals surface area contributed by atoms with E-state index in [1.165, 1.54) is 11.6 Å². The number of carbonyl (C=O) groups is 1. The summed E-state index contributed by atoms with van der Waals surface area (Å²) < 4.78 is 19.2. The molecular weight excluding hydrogens is 377 g/mol. The molecule has 1 amide bonds. The van der Waals surface area contributed by atoms with Crippen LogP contribution in [0.2, 0.25) is 0 Å². The van der Waals surface area contributed by atoms with Gasteiger partial charge >= 0.3 is 0 Å². The molecule has 0 spiro atoms. The Hall–Kier alpha value is -2.62. The Labute approximate surface area is 180 Å². The maximum absolute atomic E-state index is 13.5. The number of amides is 1. The highest BCUT2D eigenvalue weighted by atomic mass is 19.1. The second-order valence-corrected chi connectivity index (χ2v) is 7.70. The van der Waals surface area contributed by atoms with Crippen LogP contribution in [0, 0.1) is 12.7 Å². The lowest BCUT2D eigenvalue weighted by molar-refractivity contribution is -0.133. The smallest absolute Gasteiger partial charge is 0.264 e. The molecule has 0 saturated carbocycles.